The lowest BCUT2D eigenvalue weighted by Gasteiger charge is -2.31. The first-order valence-electron chi connectivity index (χ1n) is 11.2. The Hall–Kier alpha value is -3.11. The number of hydrogen-bond acceptors (Lipinski definition) is 6. The highest BCUT2D eigenvalue weighted by Crippen LogP contribution is 2.33. The van der Waals surface area contributed by atoms with Gasteiger partial charge in [-0.15, -0.1) is 0 Å². The lowest BCUT2D eigenvalue weighted by atomic mass is 9.88. The minimum Gasteiger partial charge on any atom is -0.464 e. The van der Waals surface area contributed by atoms with Crippen molar-refractivity contribution in [2.45, 2.75) is 43.4 Å². The van der Waals surface area contributed by atoms with Gasteiger partial charge in [-0.1, -0.05) is 23.8 Å². The van der Waals surface area contributed by atoms with Crippen LogP contribution in [0, 0.1) is 12.7 Å². The Kier molecular flexibility index (Phi) is 7.92. The largest absolute Gasteiger partial charge is 0.464 e. The third kappa shape index (κ3) is 6.52. The van der Waals surface area contributed by atoms with Gasteiger partial charge in [0.2, 0.25) is 0 Å². The molecule has 1 saturated heterocycles. The lowest BCUT2D eigenvalue weighted by molar-refractivity contribution is -0.00534. The van der Waals surface area contributed by atoms with Crippen LogP contribution in [0.5, 0.6) is 0 Å². The summed E-state index contributed by atoms with van der Waals surface area (Å²) >= 11 is 0. The summed E-state index contributed by atoms with van der Waals surface area (Å²) in [5.41, 5.74) is 2.49. The highest BCUT2D eigenvalue weighted by Gasteiger charge is 2.28. The van der Waals surface area contributed by atoms with Gasteiger partial charge in [0.05, 0.1) is 17.8 Å². The number of nitrogens with zero attached hydrogens (tertiary/aromatic N) is 1. The van der Waals surface area contributed by atoms with Crippen molar-refractivity contribution in [2.24, 2.45) is 0 Å². The molecule has 2 N–H and O–H groups in total. The summed E-state index contributed by atoms with van der Waals surface area (Å²) in [6, 6.07) is 15.3. The summed E-state index contributed by atoms with van der Waals surface area (Å²) in [6.45, 7) is 2.56. The van der Waals surface area contributed by atoms with Crippen molar-refractivity contribution in [2.75, 3.05) is 6.54 Å². The Morgan fingerprint density at radius 1 is 1.17 bits per heavy atom. The van der Waals surface area contributed by atoms with Gasteiger partial charge in [-0.25, -0.2) is 4.39 Å². The van der Waals surface area contributed by atoms with Crippen LogP contribution in [0.2, 0.25) is 0 Å². The summed E-state index contributed by atoms with van der Waals surface area (Å²) in [7, 11) is -4.31. The standard InChI is InChI=1S/C21H22FNO5S.C5H5N/c1-13-2-3-20(29(24,25)26)17(8-13)14-4-6-23-21(11-14)28-12-16-10-19-15(5-7-27-19)9-18(16)22;1-2-4-6-5-3-1/h2-3,5,7-10,14,21,23H,4,6,11-12H2,1H3,(H,24,25,26);1-5H. The number of rotatable bonds is 5. The fourth-order valence-corrected chi connectivity index (χ4v) is 4.91. The molecule has 2 atom stereocenters. The van der Waals surface area contributed by atoms with E-state index in [1.54, 1.807) is 36.7 Å². The molecule has 1 aliphatic rings. The van der Waals surface area contributed by atoms with Crippen molar-refractivity contribution in [3.63, 3.8) is 0 Å². The topological polar surface area (TPSA) is 102 Å². The lowest BCUT2D eigenvalue weighted by Crippen LogP contribution is -2.39. The Morgan fingerprint density at radius 2 is 1.97 bits per heavy atom. The molecule has 2 aromatic carbocycles. The number of halogens is 1. The molecule has 9 heteroatoms. The van der Waals surface area contributed by atoms with Crippen molar-refractivity contribution in [1.82, 2.24) is 10.3 Å². The van der Waals surface area contributed by atoms with Crippen molar-refractivity contribution >= 4 is 21.1 Å². The Morgan fingerprint density at radius 3 is 2.66 bits per heavy atom. The van der Waals surface area contributed by atoms with Crippen LogP contribution in [-0.2, 0) is 21.5 Å². The number of benzene rings is 2. The maximum Gasteiger partial charge on any atom is 0.294 e. The van der Waals surface area contributed by atoms with E-state index < -0.39 is 10.1 Å². The second-order valence-corrected chi connectivity index (χ2v) is 9.81. The van der Waals surface area contributed by atoms with Gasteiger partial charge in [-0.05, 0) is 74.2 Å². The zero-order valence-corrected chi connectivity index (χ0v) is 20.0. The van der Waals surface area contributed by atoms with E-state index in [1.807, 2.05) is 25.1 Å². The molecule has 7 nitrogen and oxygen atoms in total. The Balaban J connectivity index is 0.000000421. The molecule has 0 amide bonds. The SMILES string of the molecule is Cc1ccc(S(=O)(=O)O)c(C2CCNC(OCc3cc4occc4cc3F)C2)c1.c1ccncc1. The first kappa shape index (κ1) is 25.0. The van der Waals surface area contributed by atoms with Gasteiger partial charge in [0.1, 0.15) is 17.6 Å². The van der Waals surface area contributed by atoms with Crippen LogP contribution in [0.3, 0.4) is 0 Å². The van der Waals surface area contributed by atoms with Crippen molar-refractivity contribution in [3.05, 3.63) is 95.8 Å². The van der Waals surface area contributed by atoms with Crippen LogP contribution in [0.15, 0.2) is 82.6 Å². The third-order valence-corrected chi connectivity index (χ3v) is 6.80. The van der Waals surface area contributed by atoms with Crippen LogP contribution >= 0.6 is 0 Å². The van der Waals surface area contributed by atoms with Crippen molar-refractivity contribution in [3.8, 4) is 0 Å². The number of piperidine rings is 1. The molecular weight excluding hydrogens is 471 g/mol. The number of ether oxygens (including phenoxy) is 1. The molecule has 4 aromatic rings. The first-order chi connectivity index (χ1) is 16.8. The van der Waals surface area contributed by atoms with Crippen LogP contribution in [0.4, 0.5) is 4.39 Å². The summed E-state index contributed by atoms with van der Waals surface area (Å²) < 4.78 is 58.6. The van der Waals surface area contributed by atoms with Gasteiger partial charge in [0, 0.05) is 23.3 Å². The number of hydrogen-bond donors (Lipinski definition) is 2. The highest BCUT2D eigenvalue weighted by molar-refractivity contribution is 7.85. The van der Waals surface area contributed by atoms with Gasteiger partial charge < -0.3 is 9.15 Å². The van der Waals surface area contributed by atoms with Gasteiger partial charge in [-0.3, -0.25) is 14.9 Å². The zero-order valence-electron chi connectivity index (χ0n) is 19.2. The molecule has 0 spiro atoms. The Bertz CT molecular complexity index is 1350. The molecule has 0 radical (unpaired) electrons. The fraction of sp³-hybridized carbons (Fsp3) is 0.269. The fourth-order valence-electron chi connectivity index (χ4n) is 4.15. The summed E-state index contributed by atoms with van der Waals surface area (Å²) in [6.07, 6.45) is 5.86. The maximum absolute atomic E-state index is 14.3. The quantitative estimate of drug-likeness (QED) is 0.364. The molecular formula is C26H27FN2O5S. The van der Waals surface area contributed by atoms with E-state index >= 15 is 0 Å². The molecule has 1 fully saturated rings. The van der Waals surface area contributed by atoms with Crippen molar-refractivity contribution < 1.29 is 26.5 Å². The van der Waals surface area contributed by atoms with Gasteiger partial charge in [-0.2, -0.15) is 8.42 Å². The van der Waals surface area contributed by atoms with Crippen molar-refractivity contribution in [1.29, 1.82) is 0 Å². The molecule has 0 bridgehead atoms. The summed E-state index contributed by atoms with van der Waals surface area (Å²) in [5.74, 6) is -0.464. The molecule has 0 aliphatic carbocycles. The second-order valence-electron chi connectivity index (χ2n) is 8.42. The van der Waals surface area contributed by atoms with Crippen LogP contribution < -0.4 is 5.32 Å². The zero-order chi connectivity index (χ0) is 24.8. The second kappa shape index (κ2) is 11.1. The van der Waals surface area contributed by atoms with E-state index in [0.717, 1.165) is 5.56 Å². The van der Waals surface area contributed by atoms with E-state index in [0.29, 0.717) is 41.5 Å². The number of aromatic nitrogens is 1. The van der Waals surface area contributed by atoms with E-state index in [4.69, 9.17) is 9.15 Å². The third-order valence-electron chi connectivity index (χ3n) is 5.87. The van der Waals surface area contributed by atoms with Gasteiger partial charge >= 0.3 is 0 Å². The molecule has 35 heavy (non-hydrogen) atoms. The number of fused-ring (bicyclic) bond motifs is 1. The van der Waals surface area contributed by atoms with E-state index in [1.165, 1.54) is 18.4 Å². The average Bonchev–Trinajstić information content (AvgIpc) is 3.30. The van der Waals surface area contributed by atoms with E-state index in [-0.39, 0.29) is 29.5 Å². The van der Waals surface area contributed by atoms with Crippen LogP contribution in [-0.4, -0.2) is 30.7 Å². The number of furan rings is 1. The monoisotopic (exact) mass is 498 g/mol. The predicted octanol–water partition coefficient (Wildman–Crippen LogP) is 5.22. The smallest absolute Gasteiger partial charge is 0.294 e. The number of nitrogens with one attached hydrogen (secondary N) is 1. The van der Waals surface area contributed by atoms with Crippen LogP contribution in [0.25, 0.3) is 11.0 Å². The number of aryl methyl sites for hydroxylation is 1. The molecule has 5 rings (SSSR count). The highest BCUT2D eigenvalue weighted by atomic mass is 32.2. The molecule has 0 saturated carbocycles. The summed E-state index contributed by atoms with van der Waals surface area (Å²) in [4.78, 5) is 3.72. The van der Waals surface area contributed by atoms with Gasteiger partial charge in [0.25, 0.3) is 10.1 Å². The molecule has 3 heterocycles. The minimum atomic E-state index is -4.31. The molecule has 2 aromatic heterocycles. The van der Waals surface area contributed by atoms with Gasteiger partial charge in [0.15, 0.2) is 0 Å². The minimum absolute atomic E-state index is 0.0613. The Labute approximate surface area is 203 Å². The maximum atomic E-state index is 14.3. The van der Waals surface area contributed by atoms with E-state index in [9.17, 15) is 17.4 Å². The predicted molar refractivity (Wildman–Crippen MR) is 130 cm³/mol. The molecule has 184 valence electrons. The van der Waals surface area contributed by atoms with E-state index in [2.05, 4.69) is 10.3 Å². The van der Waals surface area contributed by atoms with Crippen LogP contribution in [0.1, 0.15) is 35.4 Å². The molecule has 1 aliphatic heterocycles. The average molecular weight is 499 g/mol. The first-order valence-corrected chi connectivity index (χ1v) is 12.7. The molecule has 2 unspecified atom stereocenters. The number of pyridine rings is 1. The summed E-state index contributed by atoms with van der Waals surface area (Å²) in [5, 5.41) is 3.93. The normalized spacial score (nSPS) is 18.1.